The van der Waals surface area contributed by atoms with Crippen molar-refractivity contribution in [2.45, 2.75) is 89.9 Å². The molecule has 22 heavy (non-hydrogen) atoms. The van der Waals surface area contributed by atoms with Crippen molar-refractivity contribution >= 4 is 0 Å². The number of rotatable bonds is 10. The largest absolute Gasteiger partial charge is 0.396 e. The minimum Gasteiger partial charge on any atom is -0.396 e. The van der Waals surface area contributed by atoms with Gasteiger partial charge in [0.2, 0.25) is 0 Å². The molecular weight excluding hydrogens is 280 g/mol. The molecule has 1 rings (SSSR count). The van der Waals surface area contributed by atoms with E-state index in [2.05, 4.69) is 0 Å². The zero-order chi connectivity index (χ0) is 16.7. The number of aliphatic hydroxyl groups is 4. The van der Waals surface area contributed by atoms with E-state index < -0.39 is 0 Å². The van der Waals surface area contributed by atoms with Crippen molar-refractivity contribution in [1.29, 1.82) is 0 Å². The third-order valence-electron chi connectivity index (χ3n) is 3.67. The molecule has 0 saturated heterocycles. The second-order valence-electron chi connectivity index (χ2n) is 5.84. The van der Waals surface area contributed by atoms with Gasteiger partial charge in [-0.25, -0.2) is 0 Å². The van der Waals surface area contributed by atoms with E-state index in [1.165, 1.54) is 64.2 Å². The lowest BCUT2D eigenvalue weighted by atomic mass is 10.0. The molecule has 0 aromatic carbocycles. The molecule has 4 nitrogen and oxygen atoms in total. The molecule has 0 spiro atoms. The molecule has 0 unspecified atom stereocenters. The van der Waals surface area contributed by atoms with Gasteiger partial charge < -0.3 is 20.4 Å². The highest BCUT2D eigenvalue weighted by molar-refractivity contribution is 4.51. The van der Waals surface area contributed by atoms with Crippen LogP contribution in [0.3, 0.4) is 0 Å². The van der Waals surface area contributed by atoms with Gasteiger partial charge in [-0.15, -0.1) is 0 Å². The summed E-state index contributed by atoms with van der Waals surface area (Å²) in [6.07, 6.45) is 18.3. The summed E-state index contributed by atoms with van der Waals surface area (Å²) < 4.78 is 0. The fourth-order valence-corrected chi connectivity index (χ4v) is 2.34. The molecule has 0 aliphatic heterocycles. The minimum absolute atomic E-state index is 0.125. The van der Waals surface area contributed by atoms with Crippen molar-refractivity contribution in [3.8, 4) is 0 Å². The van der Waals surface area contributed by atoms with E-state index in [0.717, 1.165) is 25.7 Å². The summed E-state index contributed by atoms with van der Waals surface area (Å²) in [6.45, 7) is 0.426. The Balaban J connectivity index is 0. The van der Waals surface area contributed by atoms with Gasteiger partial charge in [0.25, 0.3) is 0 Å². The summed E-state index contributed by atoms with van der Waals surface area (Å²) in [4.78, 5) is 0. The van der Waals surface area contributed by atoms with Crippen molar-refractivity contribution in [2.75, 3.05) is 26.4 Å². The summed E-state index contributed by atoms with van der Waals surface area (Å²) in [5.41, 5.74) is 0. The first kappa shape index (κ1) is 24.1. The zero-order valence-electron chi connectivity index (χ0n) is 14.5. The van der Waals surface area contributed by atoms with Crippen LogP contribution in [0, 0.1) is 0 Å². The van der Waals surface area contributed by atoms with E-state index in [1.54, 1.807) is 0 Å². The summed E-state index contributed by atoms with van der Waals surface area (Å²) in [7, 11) is 0. The fourth-order valence-electron chi connectivity index (χ4n) is 2.34. The highest BCUT2D eigenvalue weighted by atomic mass is 16.3. The molecule has 136 valence electrons. The third kappa shape index (κ3) is 28.1. The lowest BCUT2D eigenvalue weighted by Gasteiger charge is -2.05. The lowest BCUT2D eigenvalue weighted by molar-refractivity contribution is 0.186. The molecule has 1 fully saturated rings. The Morgan fingerprint density at radius 3 is 0.727 bits per heavy atom. The predicted octanol–water partition coefficient (Wildman–Crippen LogP) is 3.40. The minimum atomic E-state index is -0.125. The van der Waals surface area contributed by atoms with E-state index in [1.807, 2.05) is 0 Å². The smallest absolute Gasteiger partial charge is 0.0662 e. The number of hydrogen-bond acceptors (Lipinski definition) is 4. The van der Waals surface area contributed by atoms with Crippen LogP contribution in [0.4, 0.5) is 0 Å². The van der Waals surface area contributed by atoms with Crippen LogP contribution >= 0.6 is 0 Å². The first-order chi connectivity index (χ1) is 10.8. The van der Waals surface area contributed by atoms with Crippen molar-refractivity contribution in [3.63, 3.8) is 0 Å². The van der Waals surface area contributed by atoms with Crippen molar-refractivity contribution in [2.24, 2.45) is 0 Å². The van der Waals surface area contributed by atoms with Gasteiger partial charge in [0.15, 0.2) is 0 Å². The topological polar surface area (TPSA) is 80.9 Å². The summed E-state index contributed by atoms with van der Waals surface area (Å²) >= 11 is 0. The second kappa shape index (κ2) is 25.8. The molecule has 0 aromatic heterocycles. The summed E-state index contributed by atoms with van der Waals surface area (Å²) in [5, 5.41) is 32.3. The average Bonchev–Trinajstić information content (AvgIpc) is 2.60. The monoisotopic (exact) mass is 320 g/mol. The van der Waals surface area contributed by atoms with E-state index in [4.69, 9.17) is 20.4 Å². The van der Waals surface area contributed by atoms with Crippen LogP contribution in [-0.4, -0.2) is 46.9 Å². The molecule has 0 atom stereocenters. The van der Waals surface area contributed by atoms with Crippen molar-refractivity contribution < 1.29 is 20.4 Å². The SMILES string of the molecule is C1CCCCC1.OCCCCCCCCCCO.OCCO. The molecule has 1 aliphatic rings. The molecular formula is C18H40O4. The molecule has 0 amide bonds. The van der Waals surface area contributed by atoms with Crippen LogP contribution in [0.15, 0.2) is 0 Å². The average molecular weight is 321 g/mol. The van der Waals surface area contributed by atoms with Crippen molar-refractivity contribution in [1.82, 2.24) is 0 Å². The van der Waals surface area contributed by atoms with E-state index in [-0.39, 0.29) is 13.2 Å². The van der Waals surface area contributed by atoms with Crippen LogP contribution < -0.4 is 0 Å². The van der Waals surface area contributed by atoms with Gasteiger partial charge in [0.1, 0.15) is 0 Å². The predicted molar refractivity (Wildman–Crippen MR) is 93.0 cm³/mol. The van der Waals surface area contributed by atoms with Crippen LogP contribution in [0.2, 0.25) is 0 Å². The normalized spacial score (nSPS) is 13.6. The number of aliphatic hydroxyl groups excluding tert-OH is 4. The number of hydrogen-bond donors (Lipinski definition) is 4. The van der Waals surface area contributed by atoms with E-state index in [0.29, 0.717) is 13.2 Å². The first-order valence-corrected chi connectivity index (χ1v) is 9.26. The Morgan fingerprint density at radius 2 is 0.545 bits per heavy atom. The molecule has 1 saturated carbocycles. The second-order valence-corrected chi connectivity index (χ2v) is 5.84. The van der Waals surface area contributed by atoms with Crippen molar-refractivity contribution in [3.05, 3.63) is 0 Å². The molecule has 4 N–H and O–H groups in total. The molecule has 1 aliphatic carbocycles. The summed E-state index contributed by atoms with van der Waals surface area (Å²) in [5.74, 6) is 0. The molecule has 0 radical (unpaired) electrons. The van der Waals surface area contributed by atoms with E-state index in [9.17, 15) is 0 Å². The Bertz CT molecular complexity index is 138. The highest BCUT2D eigenvalue weighted by Gasteiger charge is 1.95. The maximum Gasteiger partial charge on any atom is 0.0662 e. The maximum atomic E-state index is 8.51. The Morgan fingerprint density at radius 1 is 0.318 bits per heavy atom. The molecule has 0 heterocycles. The fraction of sp³-hybridized carbons (Fsp3) is 1.00. The lowest BCUT2D eigenvalue weighted by Crippen LogP contribution is -1.85. The zero-order valence-corrected chi connectivity index (χ0v) is 14.5. The molecule has 0 bridgehead atoms. The maximum absolute atomic E-state index is 8.51. The van der Waals surface area contributed by atoms with Gasteiger partial charge in [-0.05, 0) is 12.8 Å². The van der Waals surface area contributed by atoms with Crippen LogP contribution in [0.5, 0.6) is 0 Å². The third-order valence-corrected chi connectivity index (χ3v) is 3.67. The van der Waals surface area contributed by atoms with Crippen LogP contribution in [-0.2, 0) is 0 Å². The van der Waals surface area contributed by atoms with Gasteiger partial charge in [-0.2, -0.15) is 0 Å². The molecule has 0 aromatic rings. The van der Waals surface area contributed by atoms with Gasteiger partial charge in [0, 0.05) is 13.2 Å². The van der Waals surface area contributed by atoms with Crippen LogP contribution in [0.1, 0.15) is 89.9 Å². The highest BCUT2D eigenvalue weighted by Crippen LogP contribution is 2.15. The Kier molecular flexibility index (Phi) is 28.2. The van der Waals surface area contributed by atoms with Gasteiger partial charge in [-0.1, -0.05) is 77.0 Å². The summed E-state index contributed by atoms with van der Waals surface area (Å²) in [6, 6.07) is 0. The number of unbranched alkanes of at least 4 members (excludes halogenated alkanes) is 7. The van der Waals surface area contributed by atoms with Gasteiger partial charge in [0.05, 0.1) is 13.2 Å². The Labute approximate surface area is 137 Å². The Hall–Kier alpha value is -0.160. The van der Waals surface area contributed by atoms with Gasteiger partial charge >= 0.3 is 0 Å². The van der Waals surface area contributed by atoms with Gasteiger partial charge in [-0.3, -0.25) is 0 Å². The standard InChI is InChI=1S/C10H22O2.C6H12.C2H6O2/c11-9-7-5-3-1-2-4-6-8-10-12;1-2-4-6-5-3-1;3-1-2-4/h11-12H,1-10H2;1-6H2;3-4H,1-2H2. The quantitative estimate of drug-likeness (QED) is 0.465. The molecule has 4 heteroatoms. The van der Waals surface area contributed by atoms with Crippen LogP contribution in [0.25, 0.3) is 0 Å². The van der Waals surface area contributed by atoms with E-state index >= 15 is 0 Å². The first-order valence-electron chi connectivity index (χ1n) is 9.26.